The molecule has 0 bridgehead atoms. The Morgan fingerprint density at radius 3 is 2.52 bits per heavy atom. The number of carbonyl (C=O) groups excluding carboxylic acids is 1. The van der Waals surface area contributed by atoms with Crippen molar-refractivity contribution < 1.29 is 13.6 Å². The molecule has 3 rings (SSSR count). The number of imidazole rings is 1. The van der Waals surface area contributed by atoms with Gasteiger partial charge in [0.25, 0.3) is 0 Å². The van der Waals surface area contributed by atoms with E-state index in [1.807, 2.05) is 0 Å². The number of carbonyl (C=O) groups is 1. The molecule has 0 spiro atoms. The predicted octanol–water partition coefficient (Wildman–Crippen LogP) is 3.15. The van der Waals surface area contributed by atoms with Gasteiger partial charge >= 0.3 is 0 Å². The fraction of sp³-hybridized carbons (Fsp3) is 0.158. The van der Waals surface area contributed by atoms with Crippen molar-refractivity contribution in [1.29, 1.82) is 0 Å². The lowest BCUT2D eigenvalue weighted by Gasteiger charge is -2.19. The van der Waals surface area contributed by atoms with E-state index in [4.69, 9.17) is 0 Å². The van der Waals surface area contributed by atoms with Crippen LogP contribution in [0.5, 0.6) is 0 Å². The quantitative estimate of drug-likeness (QED) is 0.775. The third-order valence-electron chi connectivity index (χ3n) is 3.92. The maximum absolute atomic E-state index is 14.3. The van der Waals surface area contributed by atoms with Crippen molar-refractivity contribution in [2.45, 2.75) is 12.5 Å². The van der Waals surface area contributed by atoms with Gasteiger partial charge in [-0.2, -0.15) is 0 Å². The van der Waals surface area contributed by atoms with Crippen molar-refractivity contribution in [3.63, 3.8) is 0 Å². The third kappa shape index (κ3) is 3.91. The largest absolute Gasteiger partial charge is 0.342 e. The molecule has 0 aliphatic carbocycles. The van der Waals surface area contributed by atoms with Gasteiger partial charge in [0.05, 0.1) is 6.42 Å². The van der Waals surface area contributed by atoms with E-state index in [9.17, 15) is 13.6 Å². The lowest BCUT2D eigenvalue weighted by molar-refractivity contribution is -0.121. The first-order valence-corrected chi connectivity index (χ1v) is 7.80. The lowest BCUT2D eigenvalue weighted by Crippen LogP contribution is -2.32. The van der Waals surface area contributed by atoms with Gasteiger partial charge in [0, 0.05) is 25.0 Å². The van der Waals surface area contributed by atoms with Gasteiger partial charge in [0.2, 0.25) is 5.91 Å². The SMILES string of the molecule is Cn1ccnc1[C@H](NC(=O)Cc1ccc(F)cc1)c1ccccc1F. The Balaban J connectivity index is 1.85. The molecule has 0 saturated carbocycles. The third-order valence-corrected chi connectivity index (χ3v) is 3.92. The molecule has 0 saturated heterocycles. The van der Waals surface area contributed by atoms with Crippen molar-refractivity contribution in [2.75, 3.05) is 0 Å². The van der Waals surface area contributed by atoms with E-state index in [-0.39, 0.29) is 18.1 Å². The van der Waals surface area contributed by atoms with Crippen molar-refractivity contribution in [3.8, 4) is 0 Å². The summed E-state index contributed by atoms with van der Waals surface area (Å²) in [6.45, 7) is 0. The average Bonchev–Trinajstić information content (AvgIpc) is 3.01. The number of benzene rings is 2. The van der Waals surface area contributed by atoms with Gasteiger partial charge in [-0.15, -0.1) is 0 Å². The zero-order valence-electron chi connectivity index (χ0n) is 13.6. The lowest BCUT2D eigenvalue weighted by atomic mass is 10.0. The second-order valence-corrected chi connectivity index (χ2v) is 5.72. The molecule has 1 heterocycles. The van der Waals surface area contributed by atoms with Crippen molar-refractivity contribution in [1.82, 2.24) is 14.9 Å². The highest BCUT2D eigenvalue weighted by Gasteiger charge is 2.23. The van der Waals surface area contributed by atoms with Gasteiger partial charge < -0.3 is 9.88 Å². The van der Waals surface area contributed by atoms with Crippen LogP contribution < -0.4 is 5.32 Å². The topological polar surface area (TPSA) is 46.9 Å². The van der Waals surface area contributed by atoms with Crippen LogP contribution in [0.15, 0.2) is 60.9 Å². The molecular formula is C19H17F2N3O. The number of amides is 1. The molecule has 1 amide bonds. The van der Waals surface area contributed by atoms with Crippen LogP contribution in [-0.4, -0.2) is 15.5 Å². The molecule has 1 aromatic heterocycles. The van der Waals surface area contributed by atoms with Crippen LogP contribution in [0.4, 0.5) is 8.78 Å². The number of aryl methyl sites for hydroxylation is 1. The molecule has 0 unspecified atom stereocenters. The number of halogens is 2. The summed E-state index contributed by atoms with van der Waals surface area (Å²) >= 11 is 0. The van der Waals surface area contributed by atoms with E-state index in [1.165, 1.54) is 18.2 Å². The Morgan fingerprint density at radius 2 is 1.88 bits per heavy atom. The molecule has 0 aliphatic rings. The first kappa shape index (κ1) is 16.8. The Morgan fingerprint density at radius 1 is 1.16 bits per heavy atom. The molecule has 1 atom stereocenters. The summed E-state index contributed by atoms with van der Waals surface area (Å²) in [6, 6.07) is 11.3. The maximum Gasteiger partial charge on any atom is 0.225 e. The summed E-state index contributed by atoms with van der Waals surface area (Å²) in [4.78, 5) is 16.7. The monoisotopic (exact) mass is 341 g/mol. The van der Waals surface area contributed by atoms with E-state index in [0.717, 1.165) is 0 Å². The molecule has 0 radical (unpaired) electrons. The van der Waals surface area contributed by atoms with E-state index in [0.29, 0.717) is 17.0 Å². The summed E-state index contributed by atoms with van der Waals surface area (Å²) in [5.74, 6) is -0.556. The van der Waals surface area contributed by atoms with Gasteiger partial charge in [-0.3, -0.25) is 4.79 Å². The normalized spacial score (nSPS) is 12.0. The Labute approximate surface area is 144 Å². The van der Waals surface area contributed by atoms with Gasteiger partial charge in [-0.05, 0) is 23.8 Å². The van der Waals surface area contributed by atoms with Crippen molar-refractivity contribution >= 4 is 5.91 Å². The summed E-state index contributed by atoms with van der Waals surface area (Å²) < 4.78 is 29.0. The number of nitrogens with zero attached hydrogens (tertiary/aromatic N) is 2. The molecular weight excluding hydrogens is 324 g/mol. The Hall–Kier alpha value is -3.02. The molecule has 4 nitrogen and oxygen atoms in total. The molecule has 25 heavy (non-hydrogen) atoms. The van der Waals surface area contributed by atoms with E-state index in [1.54, 1.807) is 54.3 Å². The van der Waals surface area contributed by atoms with Crippen LogP contribution >= 0.6 is 0 Å². The fourth-order valence-corrected chi connectivity index (χ4v) is 2.65. The van der Waals surface area contributed by atoms with Crippen LogP contribution in [0.25, 0.3) is 0 Å². The highest BCUT2D eigenvalue weighted by Crippen LogP contribution is 2.23. The molecule has 2 aromatic carbocycles. The number of hydrogen-bond donors (Lipinski definition) is 1. The fourth-order valence-electron chi connectivity index (χ4n) is 2.65. The van der Waals surface area contributed by atoms with Crippen molar-refractivity contribution in [2.24, 2.45) is 7.05 Å². The van der Waals surface area contributed by atoms with Gasteiger partial charge in [-0.25, -0.2) is 13.8 Å². The van der Waals surface area contributed by atoms with E-state index >= 15 is 0 Å². The number of rotatable bonds is 5. The van der Waals surface area contributed by atoms with Crippen LogP contribution in [0.2, 0.25) is 0 Å². The summed E-state index contributed by atoms with van der Waals surface area (Å²) in [5, 5.41) is 2.82. The predicted molar refractivity (Wildman–Crippen MR) is 89.7 cm³/mol. The summed E-state index contributed by atoms with van der Waals surface area (Å²) in [6.07, 6.45) is 3.39. The zero-order chi connectivity index (χ0) is 17.8. The number of hydrogen-bond acceptors (Lipinski definition) is 2. The van der Waals surface area contributed by atoms with Gasteiger partial charge in [0.1, 0.15) is 23.5 Å². The Kier molecular flexibility index (Phi) is 4.88. The minimum atomic E-state index is -0.714. The summed E-state index contributed by atoms with van der Waals surface area (Å²) in [7, 11) is 1.78. The second kappa shape index (κ2) is 7.25. The zero-order valence-corrected chi connectivity index (χ0v) is 13.6. The maximum atomic E-state index is 14.3. The first-order valence-electron chi connectivity index (χ1n) is 7.80. The number of aromatic nitrogens is 2. The van der Waals surface area contributed by atoms with Crippen LogP contribution in [-0.2, 0) is 18.3 Å². The van der Waals surface area contributed by atoms with Gasteiger partial charge in [-0.1, -0.05) is 30.3 Å². The second-order valence-electron chi connectivity index (χ2n) is 5.72. The minimum Gasteiger partial charge on any atom is -0.342 e. The number of nitrogens with one attached hydrogen (secondary N) is 1. The highest BCUT2D eigenvalue weighted by atomic mass is 19.1. The van der Waals surface area contributed by atoms with Crippen LogP contribution in [0.3, 0.4) is 0 Å². The molecule has 3 aromatic rings. The molecule has 0 fully saturated rings. The van der Waals surface area contributed by atoms with E-state index in [2.05, 4.69) is 10.3 Å². The molecule has 128 valence electrons. The Bertz CT molecular complexity index is 874. The first-order chi connectivity index (χ1) is 12.0. The van der Waals surface area contributed by atoms with E-state index < -0.39 is 11.9 Å². The molecule has 1 N–H and O–H groups in total. The van der Waals surface area contributed by atoms with Crippen molar-refractivity contribution in [3.05, 3.63) is 89.5 Å². The van der Waals surface area contributed by atoms with Crippen LogP contribution in [0, 0.1) is 11.6 Å². The average molecular weight is 341 g/mol. The molecule has 0 aliphatic heterocycles. The minimum absolute atomic E-state index is 0.0651. The van der Waals surface area contributed by atoms with Crippen LogP contribution in [0.1, 0.15) is 23.0 Å². The smallest absolute Gasteiger partial charge is 0.225 e. The van der Waals surface area contributed by atoms with Gasteiger partial charge in [0.15, 0.2) is 0 Å². The standard InChI is InChI=1S/C19H17F2N3O/c1-24-11-10-22-19(24)18(15-4-2-3-5-16(15)21)23-17(25)12-13-6-8-14(20)9-7-13/h2-11,18H,12H2,1H3,(H,23,25)/t18-/m1/s1. The summed E-state index contributed by atoms with van der Waals surface area (Å²) in [5.41, 5.74) is 1.01. The highest BCUT2D eigenvalue weighted by molar-refractivity contribution is 5.79. The molecule has 6 heteroatoms.